The van der Waals surface area contributed by atoms with Gasteiger partial charge in [0.1, 0.15) is 17.5 Å². The molecule has 4 aliphatic carbocycles. The van der Waals surface area contributed by atoms with Crippen LogP contribution in [0.15, 0.2) is 6.07 Å². The van der Waals surface area contributed by atoms with Gasteiger partial charge >= 0.3 is 0 Å². The van der Waals surface area contributed by atoms with Gasteiger partial charge in [-0.2, -0.15) is 0 Å². The Morgan fingerprint density at radius 3 is 2.09 bits per heavy atom. The van der Waals surface area contributed by atoms with E-state index in [1.54, 1.807) is 20.8 Å². The standard InChI is InChI=1S/C36H48O7/c1-16(2)22-12-21(13-23-18(5)10-11-19(23)6)29(38)26-24(22)14-34(8)15-35(9)27(17(3)4)30(39)25(20(7)37)32(41)36(35,43)33(42)28(34)31(26)40/h12,16-19,23,25,27-28,38,43H,10-11,13-15H2,1-9H3/t18?,19?,23?,25?,27?,28?,34-,35-,36+/m1/s1. The van der Waals surface area contributed by atoms with Crippen molar-refractivity contribution >= 4 is 28.9 Å². The molecule has 3 fully saturated rings. The number of carbonyl (C=O) groups excluding carboxylic acids is 5. The largest absolute Gasteiger partial charge is 0.507 e. The minimum atomic E-state index is -2.67. The molecule has 7 nitrogen and oxygen atoms in total. The van der Waals surface area contributed by atoms with Crippen LogP contribution in [0.2, 0.25) is 0 Å². The Morgan fingerprint density at radius 2 is 1.58 bits per heavy atom. The van der Waals surface area contributed by atoms with Gasteiger partial charge in [-0.3, -0.25) is 24.0 Å². The molecule has 1 aromatic carbocycles. The fraction of sp³-hybridized carbons (Fsp3) is 0.694. The zero-order chi connectivity index (χ0) is 32.1. The lowest BCUT2D eigenvalue weighted by Crippen LogP contribution is -2.76. The Labute approximate surface area is 255 Å². The van der Waals surface area contributed by atoms with Crippen molar-refractivity contribution < 1.29 is 34.2 Å². The Kier molecular flexibility index (Phi) is 7.52. The van der Waals surface area contributed by atoms with Gasteiger partial charge in [0.05, 0.1) is 11.5 Å². The van der Waals surface area contributed by atoms with Crippen LogP contribution in [0.4, 0.5) is 0 Å². The molecule has 1 aromatic rings. The van der Waals surface area contributed by atoms with Gasteiger partial charge in [-0.25, -0.2) is 0 Å². The summed E-state index contributed by atoms with van der Waals surface area (Å²) >= 11 is 0. The van der Waals surface area contributed by atoms with E-state index in [-0.39, 0.29) is 36.0 Å². The molecule has 8 atom stereocenters. The number of rotatable bonds is 5. The number of carbonyl (C=O) groups is 5. The van der Waals surface area contributed by atoms with Gasteiger partial charge in [0.15, 0.2) is 28.7 Å². The first kappa shape index (κ1) is 31.7. The van der Waals surface area contributed by atoms with Gasteiger partial charge in [0.2, 0.25) is 0 Å². The van der Waals surface area contributed by atoms with Crippen molar-refractivity contribution in [3.05, 3.63) is 28.3 Å². The number of hydrogen-bond donors (Lipinski definition) is 2. The normalized spacial score (nSPS) is 39.3. The first-order valence-electron chi connectivity index (χ1n) is 16.1. The van der Waals surface area contributed by atoms with Crippen LogP contribution in [0, 0.1) is 52.3 Å². The third kappa shape index (κ3) is 4.19. The minimum absolute atomic E-state index is 0.0452. The average molecular weight is 593 g/mol. The Bertz CT molecular complexity index is 1430. The van der Waals surface area contributed by atoms with Crippen LogP contribution >= 0.6 is 0 Å². The van der Waals surface area contributed by atoms with Gasteiger partial charge in [0, 0.05) is 11.3 Å². The second-order valence-electron chi connectivity index (χ2n) is 15.7. The highest BCUT2D eigenvalue weighted by atomic mass is 16.3. The van der Waals surface area contributed by atoms with Crippen LogP contribution in [0.1, 0.15) is 115 Å². The van der Waals surface area contributed by atoms with Crippen molar-refractivity contribution in [2.24, 2.45) is 52.3 Å². The fourth-order valence-electron chi connectivity index (χ4n) is 10.1. The molecular weight excluding hydrogens is 544 g/mol. The summed E-state index contributed by atoms with van der Waals surface area (Å²) < 4.78 is 0. The van der Waals surface area contributed by atoms with Crippen molar-refractivity contribution in [2.45, 2.75) is 106 Å². The maximum atomic E-state index is 14.6. The molecule has 2 N–H and O–H groups in total. The molecule has 0 spiro atoms. The molecule has 3 saturated carbocycles. The predicted octanol–water partition coefficient (Wildman–Crippen LogP) is 5.44. The molecule has 0 aliphatic heterocycles. The van der Waals surface area contributed by atoms with Crippen LogP contribution < -0.4 is 0 Å². The van der Waals surface area contributed by atoms with Gasteiger partial charge in [-0.15, -0.1) is 0 Å². The number of fused-ring (bicyclic) bond motifs is 3. The maximum absolute atomic E-state index is 14.6. The van der Waals surface area contributed by atoms with Crippen molar-refractivity contribution in [1.29, 1.82) is 0 Å². The number of ketones is 5. The lowest BCUT2D eigenvalue weighted by atomic mass is 9.39. The number of benzene rings is 1. The van der Waals surface area contributed by atoms with Crippen LogP contribution in [-0.4, -0.2) is 44.7 Å². The monoisotopic (exact) mass is 592 g/mol. The summed E-state index contributed by atoms with van der Waals surface area (Å²) in [5.41, 5.74) is -2.68. The third-order valence-electron chi connectivity index (χ3n) is 12.1. The maximum Gasteiger partial charge on any atom is 0.190 e. The minimum Gasteiger partial charge on any atom is -0.507 e. The highest BCUT2D eigenvalue weighted by Gasteiger charge is 2.76. The summed E-state index contributed by atoms with van der Waals surface area (Å²) in [5, 5.41) is 24.0. The molecule has 0 aromatic heterocycles. The van der Waals surface area contributed by atoms with E-state index in [0.29, 0.717) is 35.3 Å². The summed E-state index contributed by atoms with van der Waals surface area (Å²) in [4.78, 5) is 69.3. The smallest absolute Gasteiger partial charge is 0.190 e. The molecular formula is C36H48O7. The first-order valence-corrected chi connectivity index (χ1v) is 16.1. The number of phenolic OH excluding ortho intramolecular Hbond substituents is 1. The van der Waals surface area contributed by atoms with E-state index < -0.39 is 63.1 Å². The molecule has 0 radical (unpaired) electrons. The number of hydrogen-bond acceptors (Lipinski definition) is 7. The van der Waals surface area contributed by atoms with Crippen LogP contribution in [-0.2, 0) is 32.0 Å². The van der Waals surface area contributed by atoms with Crippen LogP contribution in [0.25, 0.3) is 0 Å². The van der Waals surface area contributed by atoms with Gasteiger partial charge in [0.25, 0.3) is 0 Å². The van der Waals surface area contributed by atoms with Crippen LogP contribution in [0.3, 0.4) is 0 Å². The lowest BCUT2D eigenvalue weighted by Gasteiger charge is -2.62. The van der Waals surface area contributed by atoms with E-state index in [1.165, 1.54) is 0 Å². The summed E-state index contributed by atoms with van der Waals surface area (Å²) in [7, 11) is 0. The predicted molar refractivity (Wildman–Crippen MR) is 162 cm³/mol. The Morgan fingerprint density at radius 1 is 1.00 bits per heavy atom. The van der Waals surface area contributed by atoms with E-state index in [4.69, 9.17) is 0 Å². The highest BCUT2D eigenvalue weighted by Crippen LogP contribution is 2.64. The number of phenols is 1. The van der Waals surface area contributed by atoms with E-state index in [2.05, 4.69) is 27.7 Å². The molecule has 5 unspecified atom stereocenters. The number of aromatic hydroxyl groups is 1. The second-order valence-corrected chi connectivity index (χ2v) is 15.7. The van der Waals surface area contributed by atoms with Crippen molar-refractivity contribution in [3.63, 3.8) is 0 Å². The van der Waals surface area contributed by atoms with E-state index >= 15 is 0 Å². The summed E-state index contributed by atoms with van der Waals surface area (Å²) in [5.74, 6) is -7.05. The molecule has 4 aliphatic rings. The summed E-state index contributed by atoms with van der Waals surface area (Å²) in [6, 6.07) is 2.04. The van der Waals surface area contributed by atoms with Gasteiger partial charge < -0.3 is 10.2 Å². The second kappa shape index (κ2) is 10.2. The number of aliphatic hydroxyl groups is 1. The zero-order valence-electron chi connectivity index (χ0n) is 27.2. The van der Waals surface area contributed by atoms with Crippen molar-refractivity contribution in [2.75, 3.05) is 0 Å². The summed E-state index contributed by atoms with van der Waals surface area (Å²) in [6.07, 6.45) is 3.23. The first-order chi connectivity index (χ1) is 19.8. The van der Waals surface area contributed by atoms with Gasteiger partial charge in [-0.1, -0.05) is 74.3 Å². The lowest BCUT2D eigenvalue weighted by molar-refractivity contribution is -0.205. The molecule has 0 bridgehead atoms. The topological polar surface area (TPSA) is 126 Å². The van der Waals surface area contributed by atoms with Gasteiger partial charge in [-0.05, 0) is 77.9 Å². The third-order valence-corrected chi connectivity index (χ3v) is 12.1. The molecule has 0 amide bonds. The van der Waals surface area contributed by atoms with E-state index in [1.807, 2.05) is 13.0 Å². The summed E-state index contributed by atoms with van der Waals surface area (Å²) in [6.45, 7) is 16.7. The molecule has 7 heteroatoms. The van der Waals surface area contributed by atoms with Crippen LogP contribution in [0.5, 0.6) is 5.75 Å². The zero-order valence-corrected chi connectivity index (χ0v) is 27.2. The van der Waals surface area contributed by atoms with E-state index in [0.717, 1.165) is 25.3 Å². The Balaban J connectivity index is 1.70. The molecule has 0 saturated heterocycles. The fourth-order valence-corrected chi connectivity index (χ4v) is 10.1. The molecule has 43 heavy (non-hydrogen) atoms. The quantitative estimate of drug-likeness (QED) is 0.436. The van der Waals surface area contributed by atoms with Crippen molar-refractivity contribution in [3.8, 4) is 5.75 Å². The van der Waals surface area contributed by atoms with Crippen molar-refractivity contribution in [1.82, 2.24) is 0 Å². The van der Waals surface area contributed by atoms with E-state index in [9.17, 15) is 34.2 Å². The number of Topliss-reactive ketones (excluding diaryl/α,β-unsaturated/α-hetero) is 5. The average Bonchev–Trinajstić information content (AvgIpc) is 3.19. The highest BCUT2D eigenvalue weighted by molar-refractivity contribution is 6.32. The molecule has 0 heterocycles. The SMILES string of the molecule is CC(=O)C1C(=O)C(C(C)C)[C@@]2(C)C[C@@]3(C)Cc4c(C(C)C)cc(CC5C(C)CCC5C)c(O)c4C(=O)C3C(=O)[C@@]2(O)C1=O. The molecule has 5 rings (SSSR count). The Hall–Kier alpha value is -2.67. The molecule has 234 valence electrons.